The van der Waals surface area contributed by atoms with E-state index in [0.717, 1.165) is 54.8 Å². The Hall–Kier alpha value is -1.08. The quantitative estimate of drug-likeness (QED) is 0.670. The third kappa shape index (κ3) is 5.22. The highest BCUT2D eigenvalue weighted by molar-refractivity contribution is 8.00. The van der Waals surface area contributed by atoms with Crippen LogP contribution in [-0.4, -0.2) is 52.1 Å². The van der Waals surface area contributed by atoms with Crippen LogP contribution in [0.15, 0.2) is 34.5 Å². The van der Waals surface area contributed by atoms with Crippen LogP contribution in [0.25, 0.3) is 0 Å². The van der Waals surface area contributed by atoms with Crippen molar-refractivity contribution < 1.29 is 4.79 Å². The number of hydrogen-bond acceptors (Lipinski definition) is 5. The number of halogens is 1. The fourth-order valence-corrected chi connectivity index (χ4v) is 4.78. The summed E-state index contributed by atoms with van der Waals surface area (Å²) in [4.78, 5) is 22.8. The fraction of sp³-hybridized carbons (Fsp3) is 0.474. The van der Waals surface area contributed by atoms with Gasteiger partial charge in [-0.25, -0.2) is 4.98 Å². The van der Waals surface area contributed by atoms with Crippen LogP contribution in [0, 0.1) is 0 Å². The van der Waals surface area contributed by atoms with Crippen molar-refractivity contribution in [3.63, 3.8) is 0 Å². The van der Waals surface area contributed by atoms with E-state index >= 15 is 0 Å². The maximum absolute atomic E-state index is 12.7. The number of hydrogen-bond donors (Lipinski definition) is 0. The number of amides is 1. The number of nitrogens with zero attached hydrogens (tertiary/aromatic N) is 3. The summed E-state index contributed by atoms with van der Waals surface area (Å²) in [5.74, 6) is 0.214. The Labute approximate surface area is 168 Å². The molecule has 0 saturated carbocycles. The van der Waals surface area contributed by atoms with Crippen molar-refractivity contribution in [2.24, 2.45) is 0 Å². The van der Waals surface area contributed by atoms with Gasteiger partial charge in [0.05, 0.1) is 16.0 Å². The number of carbonyl (C=O) groups excluding carboxylic acids is 1. The third-order valence-corrected chi connectivity index (χ3v) is 6.84. The Kier molecular flexibility index (Phi) is 6.98. The summed E-state index contributed by atoms with van der Waals surface area (Å²) in [5, 5.41) is 3.98. The van der Waals surface area contributed by atoms with Crippen molar-refractivity contribution >= 4 is 40.6 Å². The number of thioether (sulfide) groups is 1. The van der Waals surface area contributed by atoms with Crippen molar-refractivity contribution in [1.29, 1.82) is 0 Å². The average molecular weight is 410 g/mol. The average Bonchev–Trinajstić information content (AvgIpc) is 3.11. The molecule has 0 N–H and O–H groups in total. The molecule has 1 aliphatic rings. The number of thiazole rings is 1. The van der Waals surface area contributed by atoms with Crippen LogP contribution in [0.2, 0.25) is 5.02 Å². The molecule has 1 aromatic carbocycles. The van der Waals surface area contributed by atoms with E-state index < -0.39 is 0 Å². The summed E-state index contributed by atoms with van der Waals surface area (Å²) < 4.78 is 0. The molecule has 2 heterocycles. The van der Waals surface area contributed by atoms with Crippen LogP contribution in [0.4, 0.5) is 0 Å². The lowest BCUT2D eigenvalue weighted by molar-refractivity contribution is -0.132. The fourth-order valence-electron chi connectivity index (χ4n) is 2.96. The molecule has 3 rings (SSSR count). The smallest absolute Gasteiger partial charge is 0.235 e. The van der Waals surface area contributed by atoms with Crippen molar-refractivity contribution in [3.8, 4) is 0 Å². The van der Waals surface area contributed by atoms with Gasteiger partial charge in [0.25, 0.3) is 0 Å². The molecule has 26 heavy (non-hydrogen) atoms. The molecule has 1 unspecified atom stereocenters. The molecule has 1 saturated heterocycles. The van der Waals surface area contributed by atoms with E-state index in [2.05, 4.69) is 22.2 Å². The first kappa shape index (κ1) is 19.7. The minimum atomic E-state index is -0.0895. The van der Waals surface area contributed by atoms with Crippen molar-refractivity contribution in [2.45, 2.75) is 37.0 Å². The third-order valence-electron chi connectivity index (χ3n) is 4.45. The van der Waals surface area contributed by atoms with Crippen molar-refractivity contribution in [2.75, 3.05) is 26.2 Å². The molecule has 0 bridgehead atoms. The van der Waals surface area contributed by atoms with E-state index in [4.69, 9.17) is 11.6 Å². The molecule has 1 amide bonds. The zero-order valence-corrected chi connectivity index (χ0v) is 17.5. The molecular formula is C19H24ClN3OS2. The van der Waals surface area contributed by atoms with Gasteiger partial charge >= 0.3 is 0 Å². The van der Waals surface area contributed by atoms with Gasteiger partial charge in [0, 0.05) is 48.0 Å². The predicted molar refractivity (Wildman–Crippen MR) is 110 cm³/mol. The molecule has 1 aromatic heterocycles. The van der Waals surface area contributed by atoms with E-state index in [1.165, 1.54) is 5.01 Å². The van der Waals surface area contributed by atoms with Gasteiger partial charge in [0.15, 0.2) is 0 Å². The van der Waals surface area contributed by atoms with Crippen LogP contribution in [0.1, 0.15) is 24.5 Å². The maximum atomic E-state index is 12.7. The Morgan fingerprint density at radius 2 is 1.96 bits per heavy atom. The summed E-state index contributed by atoms with van der Waals surface area (Å²) >= 11 is 9.25. The number of aryl methyl sites for hydroxylation is 1. The molecule has 1 atom stereocenters. The zero-order chi connectivity index (χ0) is 18.5. The molecule has 2 aromatic rings. The number of piperazine rings is 1. The normalized spacial score (nSPS) is 16.7. The number of benzene rings is 1. The number of aromatic nitrogens is 1. The monoisotopic (exact) mass is 409 g/mol. The highest BCUT2D eigenvalue weighted by atomic mass is 35.5. The first-order chi connectivity index (χ1) is 12.5. The first-order valence-corrected chi connectivity index (χ1v) is 11.1. The van der Waals surface area contributed by atoms with Crippen LogP contribution in [0.3, 0.4) is 0 Å². The molecule has 0 aliphatic carbocycles. The topological polar surface area (TPSA) is 36.4 Å². The molecular weight excluding hydrogens is 386 g/mol. The Bertz CT molecular complexity index is 727. The van der Waals surface area contributed by atoms with Gasteiger partial charge in [-0.3, -0.25) is 9.69 Å². The zero-order valence-electron chi connectivity index (χ0n) is 15.2. The van der Waals surface area contributed by atoms with E-state index in [9.17, 15) is 4.79 Å². The van der Waals surface area contributed by atoms with Gasteiger partial charge in [-0.2, -0.15) is 0 Å². The SMILES string of the molecule is CCc1nc(CN2CCN(C(=O)C(C)Sc3ccc(Cl)cc3)CC2)cs1. The minimum Gasteiger partial charge on any atom is -0.339 e. The van der Waals surface area contributed by atoms with Gasteiger partial charge in [-0.05, 0) is 37.6 Å². The lowest BCUT2D eigenvalue weighted by Crippen LogP contribution is -2.50. The van der Waals surface area contributed by atoms with Crippen LogP contribution < -0.4 is 0 Å². The summed E-state index contributed by atoms with van der Waals surface area (Å²) in [6.45, 7) is 8.38. The molecule has 0 spiro atoms. The Morgan fingerprint density at radius 3 is 2.58 bits per heavy atom. The number of rotatable bonds is 6. The van der Waals surface area contributed by atoms with Gasteiger partial charge in [0.1, 0.15) is 0 Å². The largest absolute Gasteiger partial charge is 0.339 e. The molecule has 1 aliphatic heterocycles. The van der Waals surface area contributed by atoms with Gasteiger partial charge < -0.3 is 4.90 Å². The predicted octanol–water partition coefficient (Wildman–Crippen LogP) is 4.18. The summed E-state index contributed by atoms with van der Waals surface area (Å²) in [6, 6.07) is 7.66. The van der Waals surface area contributed by atoms with Crippen LogP contribution in [-0.2, 0) is 17.8 Å². The second kappa shape index (κ2) is 9.22. The number of carbonyl (C=O) groups is 1. The molecule has 4 nitrogen and oxygen atoms in total. The van der Waals surface area contributed by atoms with E-state index in [1.54, 1.807) is 23.1 Å². The van der Waals surface area contributed by atoms with Gasteiger partial charge in [-0.1, -0.05) is 18.5 Å². The highest BCUT2D eigenvalue weighted by Gasteiger charge is 2.25. The second-order valence-electron chi connectivity index (χ2n) is 6.40. The van der Waals surface area contributed by atoms with Crippen molar-refractivity contribution in [3.05, 3.63) is 45.4 Å². The van der Waals surface area contributed by atoms with E-state index in [0.29, 0.717) is 0 Å². The van der Waals surface area contributed by atoms with Crippen LogP contribution in [0.5, 0.6) is 0 Å². The van der Waals surface area contributed by atoms with E-state index in [-0.39, 0.29) is 11.2 Å². The molecule has 1 fully saturated rings. The minimum absolute atomic E-state index is 0.0895. The van der Waals surface area contributed by atoms with E-state index in [1.807, 2.05) is 36.1 Å². The molecule has 7 heteroatoms. The summed E-state index contributed by atoms with van der Waals surface area (Å²) in [6.07, 6.45) is 0.996. The van der Waals surface area contributed by atoms with Gasteiger partial charge in [0.2, 0.25) is 5.91 Å². The Balaban J connectivity index is 1.47. The summed E-state index contributed by atoms with van der Waals surface area (Å²) in [7, 11) is 0. The molecule has 0 radical (unpaired) electrons. The Morgan fingerprint density at radius 1 is 1.27 bits per heavy atom. The lowest BCUT2D eigenvalue weighted by Gasteiger charge is -2.35. The standard InChI is InChI=1S/C19H24ClN3OS2/c1-3-18-21-16(13-25-18)12-22-8-10-23(11-9-22)19(24)14(2)26-17-6-4-15(20)5-7-17/h4-7,13-14H,3,8-12H2,1-2H3. The molecule has 140 valence electrons. The van der Waals surface area contributed by atoms with Crippen LogP contribution >= 0.6 is 34.7 Å². The second-order valence-corrected chi connectivity index (χ2v) is 9.19. The lowest BCUT2D eigenvalue weighted by atomic mass is 10.2. The van der Waals surface area contributed by atoms with Gasteiger partial charge in [-0.15, -0.1) is 23.1 Å². The highest BCUT2D eigenvalue weighted by Crippen LogP contribution is 2.26. The first-order valence-electron chi connectivity index (χ1n) is 8.91. The summed E-state index contributed by atoms with van der Waals surface area (Å²) in [5.41, 5.74) is 1.15. The van der Waals surface area contributed by atoms with Crippen molar-refractivity contribution in [1.82, 2.24) is 14.8 Å². The maximum Gasteiger partial charge on any atom is 0.235 e.